The molecule has 0 radical (unpaired) electrons. The molecule has 0 atom stereocenters. The average Bonchev–Trinajstić information content (AvgIpc) is 0.851. The van der Waals surface area contributed by atoms with Gasteiger partial charge in [0.1, 0.15) is 16.7 Å². The van der Waals surface area contributed by atoms with E-state index in [-0.39, 0.29) is 24.3 Å². The lowest BCUT2D eigenvalue weighted by Gasteiger charge is -2.48. The highest BCUT2D eigenvalue weighted by molar-refractivity contribution is 7.03. The largest absolute Gasteiger partial charge is 0.454 e. The van der Waals surface area contributed by atoms with E-state index in [0.29, 0.717) is 0 Å². The molecule has 0 bridgehead atoms. The molecule has 4 aromatic heterocycles. The van der Waals surface area contributed by atoms with Gasteiger partial charge in [-0.25, -0.2) is 0 Å². The highest BCUT2D eigenvalue weighted by Gasteiger charge is 2.51. The van der Waals surface area contributed by atoms with Gasteiger partial charge < -0.3 is 37.4 Å². The summed E-state index contributed by atoms with van der Waals surface area (Å²) >= 11 is 0. The van der Waals surface area contributed by atoms with Crippen molar-refractivity contribution >= 4 is 202 Å². The second-order valence-electron chi connectivity index (χ2n) is 33.4. The lowest BCUT2D eigenvalue weighted by Crippen LogP contribution is -2.65. The first kappa shape index (κ1) is 64.8. The van der Waals surface area contributed by atoms with Crippen LogP contribution in [-0.2, 0) is 10.8 Å². The van der Waals surface area contributed by atoms with Crippen LogP contribution in [0.2, 0.25) is 0 Å². The molecule has 0 N–H and O–H groups in total. The minimum Gasteiger partial charge on any atom is -0.454 e. The molecule has 8 nitrogen and oxygen atoms in total. The first-order valence-electron chi connectivity index (χ1n) is 39.8. The second kappa shape index (κ2) is 23.8. The summed E-state index contributed by atoms with van der Waals surface area (Å²) in [5.74, 6) is 0. The molecule has 8 heterocycles. The molecule has 16 aromatic carbocycles. The summed E-state index contributed by atoms with van der Waals surface area (Å²) in [4.78, 5) is 10.4. The smallest absolute Gasteiger partial charge is 0.252 e. The van der Waals surface area contributed by atoms with Gasteiger partial charge in [-0.3, -0.25) is 0 Å². The highest BCUT2D eigenvalue weighted by atomic mass is 16.3. The van der Waals surface area contributed by atoms with Gasteiger partial charge in [0.15, 0.2) is 16.7 Å². The third-order valence-electron chi connectivity index (χ3n) is 25.0. The number of nitrogens with zero attached hydrogens (tertiary/aromatic N) is 5. The Morgan fingerprint density at radius 2 is 0.596 bits per heavy atom. The lowest BCUT2D eigenvalue weighted by atomic mass is 9.30. The van der Waals surface area contributed by atoms with Crippen molar-refractivity contribution in [2.75, 3.05) is 19.6 Å². The van der Waals surface area contributed by atoms with Gasteiger partial charge in [-0.2, -0.15) is 0 Å². The van der Waals surface area contributed by atoms with E-state index in [1.165, 1.54) is 54.7 Å². The fourth-order valence-corrected chi connectivity index (χ4v) is 19.9. The van der Waals surface area contributed by atoms with E-state index >= 15 is 0 Å². The predicted molar refractivity (Wildman–Crippen MR) is 479 cm³/mol. The van der Waals surface area contributed by atoms with Crippen LogP contribution < -0.4 is 52.4 Å². The third-order valence-corrected chi connectivity index (χ3v) is 25.0. The zero-order valence-corrected chi connectivity index (χ0v) is 63.9. The number of aromatic nitrogens is 1. The van der Waals surface area contributed by atoms with Gasteiger partial charge in [0.05, 0.1) is 33.8 Å². The van der Waals surface area contributed by atoms with Crippen molar-refractivity contribution in [3.63, 3.8) is 0 Å². The number of hydrogen-bond donors (Lipinski definition) is 0. The van der Waals surface area contributed by atoms with Crippen LogP contribution in [0.1, 0.15) is 52.7 Å². The van der Waals surface area contributed by atoms with Crippen molar-refractivity contribution in [3.8, 4) is 27.9 Å². The van der Waals surface area contributed by atoms with Crippen LogP contribution in [0.15, 0.2) is 347 Å². The number of benzene rings is 16. The molecule has 114 heavy (non-hydrogen) atoms. The number of rotatable bonds is 7. The fraction of sp³-hybridized carbons (Fsp3) is 0.0769. The van der Waals surface area contributed by atoms with Crippen molar-refractivity contribution in [1.29, 1.82) is 0 Å². The summed E-state index contributed by atoms with van der Waals surface area (Å²) in [7, 11) is 0. The minimum atomic E-state index is -0.362. The quantitative estimate of drug-likeness (QED) is 0.147. The Hall–Kier alpha value is -14.0. The molecule has 0 amide bonds. The van der Waals surface area contributed by atoms with Gasteiger partial charge in [0.25, 0.3) is 13.4 Å². The summed E-state index contributed by atoms with van der Waals surface area (Å²) in [5, 5.41) is 8.84. The Morgan fingerprint density at radius 3 is 1.06 bits per heavy atom. The van der Waals surface area contributed by atoms with Crippen LogP contribution in [0.5, 0.6) is 0 Å². The molecular weight excluding hydrogens is 1390 g/mol. The predicted octanol–water partition coefficient (Wildman–Crippen LogP) is 24.6. The van der Waals surface area contributed by atoms with Crippen molar-refractivity contribution in [1.82, 2.24) is 4.57 Å². The summed E-state index contributed by atoms with van der Waals surface area (Å²) in [6.45, 7) is 13.5. The van der Waals surface area contributed by atoms with E-state index in [9.17, 15) is 0 Å². The summed E-state index contributed by atoms with van der Waals surface area (Å²) in [6, 6.07) is 124. The number of anilines is 12. The van der Waals surface area contributed by atoms with E-state index < -0.39 is 0 Å². The van der Waals surface area contributed by atoms with E-state index in [2.05, 4.69) is 399 Å². The van der Waals surface area contributed by atoms with Crippen LogP contribution in [-0.4, -0.2) is 18.0 Å². The zero-order chi connectivity index (χ0) is 75.7. The molecule has 4 aliphatic heterocycles. The highest BCUT2D eigenvalue weighted by Crippen LogP contribution is 2.56. The third kappa shape index (κ3) is 9.19. The van der Waals surface area contributed by atoms with Crippen LogP contribution in [0.3, 0.4) is 0 Å². The average molecular weight is 1460 g/mol. The van der Waals surface area contributed by atoms with Gasteiger partial charge >= 0.3 is 0 Å². The fourth-order valence-electron chi connectivity index (χ4n) is 19.9. The van der Waals surface area contributed by atoms with Crippen molar-refractivity contribution in [2.45, 2.75) is 52.4 Å². The summed E-state index contributed by atoms with van der Waals surface area (Å²) in [6.07, 6.45) is 0. The Morgan fingerprint density at radius 1 is 0.246 bits per heavy atom. The Balaban J connectivity index is 0.876. The molecule has 0 aliphatic carbocycles. The molecule has 0 saturated heterocycles. The normalized spacial score (nSPS) is 13.6. The van der Waals surface area contributed by atoms with E-state index in [1.807, 2.05) is 0 Å². The monoisotopic (exact) mass is 1460 g/mol. The molecule has 0 spiro atoms. The molecule has 0 saturated carbocycles. The van der Waals surface area contributed by atoms with Gasteiger partial charge in [-0.15, -0.1) is 0 Å². The molecule has 24 rings (SSSR count). The van der Waals surface area contributed by atoms with Crippen LogP contribution in [0.4, 0.5) is 68.2 Å². The first-order chi connectivity index (χ1) is 55.9. The first-order valence-corrected chi connectivity index (χ1v) is 39.8. The van der Waals surface area contributed by atoms with Crippen molar-refractivity contribution in [2.24, 2.45) is 0 Å². The Labute approximate surface area is 660 Å². The molecule has 538 valence electrons. The van der Waals surface area contributed by atoms with Crippen LogP contribution in [0.25, 0.3) is 116 Å². The summed E-state index contributed by atoms with van der Waals surface area (Å²) < 4.78 is 24.3. The van der Waals surface area contributed by atoms with Gasteiger partial charge in [-0.05, 0) is 163 Å². The number of para-hydroxylation sites is 10. The van der Waals surface area contributed by atoms with E-state index in [4.69, 9.17) is 13.3 Å². The standard InChI is InChI=1S/C104H73B2N5O3/c1-103(2,3)64-55-90-97-91(56-64)110(86-49-28-42-76-73-37-17-24-52-96(73)114-102(76)86)88-61-89-80(60-79(88)105(97)77-43-18-21-46-83(77)108(90)84-47-26-40-74-71-35-15-22-50-94(71)112-100(74)84)106-78-54-53-66(107-81-44-19-13-33-69(81)70-34-14-20-45-82(70)107)59-87(78)109(85-48-27-41-75-72-36-16-23-51-95(72)113-101(75)85)92-57-65(104(4,5)6)58-93(98(92)106)111(89)99-67(62-29-9-7-10-30-62)38-25-39-68(99)63-31-11-8-12-32-63/h7-61H,1-6H3. The van der Waals surface area contributed by atoms with Crippen molar-refractivity contribution in [3.05, 3.63) is 345 Å². The molecule has 0 unspecified atom stereocenters. The van der Waals surface area contributed by atoms with Crippen LogP contribution >= 0.6 is 0 Å². The molecule has 10 heteroatoms. The Kier molecular flexibility index (Phi) is 13.5. The summed E-state index contributed by atoms with van der Waals surface area (Å²) in [5.41, 5.74) is 34.4. The van der Waals surface area contributed by atoms with E-state index in [1.54, 1.807) is 0 Å². The number of hydrogen-bond acceptors (Lipinski definition) is 7. The topological polar surface area (TPSA) is 57.3 Å². The maximum Gasteiger partial charge on any atom is 0.252 e. The molecule has 0 fully saturated rings. The Bertz CT molecular complexity index is 7410. The molecule has 20 aromatic rings. The number of furan rings is 3. The maximum absolute atomic E-state index is 7.39. The SMILES string of the molecule is CC(C)(C)c1cc2c3c(c1)N(c1cccc4c1oc1ccccc14)c1cc(-n4c5ccccc5c5ccccc54)ccc1B3c1cc3c(cc1N2c1c(-c2ccccc2)cccc1-c1ccccc1)N(c1cccc2c1oc1ccccc12)c1cc(C(C)(C)C)cc2c1B3c1ccccc1N2c1cccc2c1oc1ccccc12. The van der Waals surface area contributed by atoms with Gasteiger partial charge in [0.2, 0.25) is 0 Å². The maximum atomic E-state index is 7.39. The van der Waals surface area contributed by atoms with E-state index in [0.717, 1.165) is 173 Å². The minimum absolute atomic E-state index is 0.297. The van der Waals surface area contributed by atoms with Gasteiger partial charge in [-0.1, -0.05) is 278 Å². The zero-order valence-electron chi connectivity index (χ0n) is 63.9. The lowest BCUT2D eigenvalue weighted by molar-refractivity contribution is 0.590. The molecular formula is C104H73B2N5O3. The van der Waals surface area contributed by atoms with Gasteiger partial charge in [0, 0.05) is 105 Å². The van der Waals surface area contributed by atoms with Crippen LogP contribution in [0, 0.1) is 0 Å². The number of fused-ring (bicyclic) bond motifs is 20. The molecule has 4 aliphatic rings. The van der Waals surface area contributed by atoms with Crippen molar-refractivity contribution < 1.29 is 13.3 Å². The second-order valence-corrected chi connectivity index (χ2v) is 33.4.